The second-order valence-corrected chi connectivity index (χ2v) is 2.28. The lowest BCUT2D eigenvalue weighted by Gasteiger charge is -2.03. The van der Waals surface area contributed by atoms with Gasteiger partial charge in [0, 0.05) is 8.27 Å². The molecule has 0 unspecified atom stereocenters. The summed E-state index contributed by atoms with van der Waals surface area (Å²) in [5.41, 5.74) is -0.0886. The number of hydrogen-bond acceptors (Lipinski definition) is 3. The summed E-state index contributed by atoms with van der Waals surface area (Å²) < 4.78 is 11.4. The molecule has 1 aromatic rings. The highest BCUT2D eigenvalue weighted by atomic mass is 16.5. The maximum atomic E-state index is 10.8. The predicted octanol–water partition coefficient (Wildman–Crippen LogP) is 1.31. The van der Waals surface area contributed by atoms with E-state index in [-0.39, 0.29) is 11.3 Å². The molecule has 0 bridgehead atoms. The van der Waals surface area contributed by atoms with Crippen molar-refractivity contribution in [3.05, 3.63) is 29.8 Å². The number of aromatic carboxylic acids is 1. The Labute approximate surface area is 76.2 Å². The molecule has 1 rings (SSSR count). The van der Waals surface area contributed by atoms with Crippen LogP contribution in [-0.2, 0) is 4.79 Å². The van der Waals surface area contributed by atoms with Gasteiger partial charge in [0.25, 0.3) is 0 Å². The van der Waals surface area contributed by atoms with Gasteiger partial charge in [-0.15, -0.1) is 0 Å². The molecule has 0 aromatic heterocycles. The fourth-order valence-corrected chi connectivity index (χ4v) is 0.855. The zero-order valence-corrected chi connectivity index (χ0v) is 6.69. The first kappa shape index (κ1) is 7.79. The molecule has 13 heavy (non-hydrogen) atoms. The molecule has 1 N–H and O–H groups in total. The molecule has 0 spiro atoms. The third-order valence-electron chi connectivity index (χ3n) is 1.34. The Hall–Kier alpha value is -1.84. The van der Waals surface area contributed by atoms with E-state index >= 15 is 0 Å². The van der Waals surface area contributed by atoms with E-state index in [9.17, 15) is 9.59 Å². The van der Waals surface area contributed by atoms with Crippen LogP contribution < -0.4 is 4.74 Å². The van der Waals surface area contributed by atoms with Crippen LogP contribution in [0, 0.1) is 0 Å². The molecule has 0 saturated carbocycles. The second kappa shape index (κ2) is 3.71. The molecule has 0 heterocycles. The SMILES string of the molecule is [2H]CC(=O)Oc1ccccc1C(=O)O. The minimum atomic E-state index is -1.17. The molecular formula is C9H8O4. The average molecular weight is 181 g/mol. The highest BCUT2D eigenvalue weighted by Gasteiger charge is 2.10. The zero-order valence-electron chi connectivity index (χ0n) is 7.69. The van der Waals surface area contributed by atoms with E-state index in [4.69, 9.17) is 6.48 Å². The van der Waals surface area contributed by atoms with Crippen molar-refractivity contribution in [3.8, 4) is 5.75 Å². The Morgan fingerprint density at radius 1 is 1.46 bits per heavy atom. The molecule has 0 radical (unpaired) electrons. The largest absolute Gasteiger partial charge is 0.478 e. The number of hydrogen-bond donors (Lipinski definition) is 1. The summed E-state index contributed by atoms with van der Waals surface area (Å²) in [6, 6.07) is 5.78. The van der Waals surface area contributed by atoms with Crippen molar-refractivity contribution >= 4 is 11.9 Å². The Morgan fingerprint density at radius 3 is 2.77 bits per heavy atom. The number of ether oxygens (including phenoxy) is 1. The number of carboxylic acid groups (broad SMARTS) is 1. The zero-order chi connectivity index (χ0) is 10.6. The van der Waals surface area contributed by atoms with Gasteiger partial charge in [-0.25, -0.2) is 4.79 Å². The van der Waals surface area contributed by atoms with Crippen LogP contribution in [0.2, 0.25) is 0 Å². The topological polar surface area (TPSA) is 63.6 Å². The van der Waals surface area contributed by atoms with Crippen LogP contribution >= 0.6 is 0 Å². The minimum Gasteiger partial charge on any atom is -0.478 e. The van der Waals surface area contributed by atoms with Gasteiger partial charge in [-0.05, 0) is 12.1 Å². The first-order chi connectivity index (χ1) is 6.65. The highest BCUT2D eigenvalue weighted by molar-refractivity contribution is 5.91. The van der Waals surface area contributed by atoms with E-state index in [0.29, 0.717) is 0 Å². The van der Waals surface area contributed by atoms with E-state index in [2.05, 4.69) is 4.74 Å². The number of carbonyl (C=O) groups excluding carboxylic acids is 1. The third-order valence-corrected chi connectivity index (χ3v) is 1.34. The van der Waals surface area contributed by atoms with Crippen molar-refractivity contribution in [2.75, 3.05) is 0 Å². The molecule has 0 aliphatic rings. The summed E-state index contributed by atoms with van der Waals surface area (Å²) >= 11 is 0. The molecule has 0 aliphatic heterocycles. The first-order valence-electron chi connectivity index (χ1n) is 4.18. The van der Waals surface area contributed by atoms with Crippen LogP contribution in [0.1, 0.15) is 18.6 Å². The van der Waals surface area contributed by atoms with Crippen LogP contribution in [0.25, 0.3) is 0 Å². The molecule has 4 nitrogen and oxygen atoms in total. The van der Waals surface area contributed by atoms with Crippen molar-refractivity contribution in [1.29, 1.82) is 0 Å². The van der Waals surface area contributed by atoms with Crippen LogP contribution in [-0.4, -0.2) is 17.0 Å². The number of rotatable bonds is 2. The third kappa shape index (κ3) is 2.30. The van der Waals surface area contributed by atoms with Gasteiger partial charge in [0.1, 0.15) is 11.3 Å². The fourth-order valence-electron chi connectivity index (χ4n) is 0.855. The molecule has 0 amide bonds. The first-order valence-corrected chi connectivity index (χ1v) is 3.47. The summed E-state index contributed by atoms with van der Waals surface area (Å²) in [5, 5.41) is 8.71. The number of carbonyl (C=O) groups is 2. The average Bonchev–Trinajstić information content (AvgIpc) is 2.18. The quantitative estimate of drug-likeness (QED) is 0.551. The molecule has 0 aliphatic carbocycles. The smallest absolute Gasteiger partial charge is 0.339 e. The van der Waals surface area contributed by atoms with Crippen molar-refractivity contribution in [3.63, 3.8) is 0 Å². The van der Waals surface area contributed by atoms with Crippen molar-refractivity contribution in [2.24, 2.45) is 0 Å². The van der Waals surface area contributed by atoms with Crippen LogP contribution in [0.3, 0.4) is 0 Å². The lowest BCUT2D eigenvalue weighted by Crippen LogP contribution is -2.06. The maximum Gasteiger partial charge on any atom is 0.339 e. The predicted molar refractivity (Wildman–Crippen MR) is 44.7 cm³/mol. The number of benzene rings is 1. The maximum absolute atomic E-state index is 10.8. The van der Waals surface area contributed by atoms with Gasteiger partial charge in [-0.2, -0.15) is 0 Å². The standard InChI is InChI=1S/C9H8O4/c1-6(10)13-8-5-3-2-4-7(8)9(11)12/h2-5H,1H3,(H,11,12)/i1D. The second-order valence-electron chi connectivity index (χ2n) is 2.28. The van der Waals surface area contributed by atoms with Gasteiger partial charge >= 0.3 is 11.9 Å². The van der Waals surface area contributed by atoms with Crippen molar-refractivity contribution < 1.29 is 20.8 Å². The summed E-state index contributed by atoms with van der Waals surface area (Å²) in [6.07, 6.45) is 0. The van der Waals surface area contributed by atoms with Gasteiger partial charge < -0.3 is 9.84 Å². The van der Waals surface area contributed by atoms with Gasteiger partial charge in [0.2, 0.25) is 0 Å². The number of esters is 1. The molecule has 4 heteroatoms. The van der Waals surface area contributed by atoms with Gasteiger partial charge in [-0.3, -0.25) is 4.79 Å². The molecule has 1 aromatic carbocycles. The van der Waals surface area contributed by atoms with Gasteiger partial charge in [-0.1, -0.05) is 12.1 Å². The molecule has 0 saturated heterocycles. The molecule has 68 valence electrons. The van der Waals surface area contributed by atoms with E-state index in [1.165, 1.54) is 18.2 Å². The lowest BCUT2D eigenvalue weighted by atomic mass is 10.2. The summed E-state index contributed by atoms with van der Waals surface area (Å²) in [4.78, 5) is 21.4. The highest BCUT2D eigenvalue weighted by Crippen LogP contribution is 2.17. The van der Waals surface area contributed by atoms with E-state index in [1.807, 2.05) is 0 Å². The number of para-hydroxylation sites is 1. The monoisotopic (exact) mass is 181 g/mol. The Morgan fingerprint density at radius 2 is 2.15 bits per heavy atom. The Balaban J connectivity index is 2.95. The normalized spacial score (nSPS) is 10.3. The van der Waals surface area contributed by atoms with E-state index in [0.717, 1.165) is 0 Å². The van der Waals surface area contributed by atoms with E-state index < -0.39 is 18.8 Å². The summed E-state index contributed by atoms with van der Waals surface area (Å²) in [5.74, 6) is -1.98. The van der Waals surface area contributed by atoms with Crippen LogP contribution in [0.4, 0.5) is 0 Å². The van der Waals surface area contributed by atoms with E-state index in [1.54, 1.807) is 6.07 Å². The summed E-state index contributed by atoms with van der Waals surface area (Å²) in [7, 11) is 0. The Kier molecular flexibility index (Phi) is 2.22. The van der Waals surface area contributed by atoms with Crippen molar-refractivity contribution in [1.82, 2.24) is 0 Å². The molecular weight excluding hydrogens is 172 g/mol. The molecule has 0 fully saturated rings. The van der Waals surface area contributed by atoms with Gasteiger partial charge in [0.15, 0.2) is 0 Å². The van der Waals surface area contributed by atoms with Crippen LogP contribution in [0.15, 0.2) is 24.3 Å². The molecule has 0 atom stereocenters. The van der Waals surface area contributed by atoms with Crippen molar-refractivity contribution in [2.45, 2.75) is 6.90 Å². The fraction of sp³-hybridized carbons (Fsp3) is 0.111. The minimum absolute atomic E-state index is 0.0303. The lowest BCUT2D eigenvalue weighted by molar-refractivity contribution is -0.131. The van der Waals surface area contributed by atoms with Gasteiger partial charge in [0.05, 0.1) is 0 Å². The van der Waals surface area contributed by atoms with Crippen LogP contribution in [0.5, 0.6) is 5.75 Å². The Bertz CT molecular complexity index is 362. The summed E-state index contributed by atoms with van der Waals surface area (Å²) in [6.45, 7) is -0.534. The number of carboxylic acids is 1.